The number of ketones is 1. The minimum atomic E-state index is 0.0369. The Balaban J connectivity index is 2.10. The normalized spacial score (nSPS) is 10.4. The van der Waals surface area contributed by atoms with Crippen LogP contribution in [-0.4, -0.2) is 20.3 Å². The number of thiazole rings is 1. The number of carbonyl (C=O) groups excluding carboxylic acids is 1. The summed E-state index contributed by atoms with van der Waals surface area (Å²) in [5, 5.41) is 0. The Bertz CT molecular complexity index is 433. The molecule has 0 unspecified atom stereocenters. The van der Waals surface area contributed by atoms with Crippen molar-refractivity contribution in [1.82, 2.24) is 14.5 Å². The fraction of sp³-hybridized carbons (Fsp3) is 0.222. The summed E-state index contributed by atoms with van der Waals surface area (Å²) in [6, 6.07) is 0. The van der Waals surface area contributed by atoms with E-state index in [0.29, 0.717) is 12.1 Å². The van der Waals surface area contributed by atoms with Gasteiger partial charge in [0.15, 0.2) is 5.78 Å². The van der Waals surface area contributed by atoms with Crippen LogP contribution in [0.3, 0.4) is 0 Å². The van der Waals surface area contributed by atoms with E-state index in [9.17, 15) is 4.79 Å². The van der Waals surface area contributed by atoms with Gasteiger partial charge in [0.25, 0.3) is 0 Å². The zero-order valence-corrected chi connectivity index (χ0v) is 8.49. The number of aromatic nitrogens is 3. The molecule has 0 radical (unpaired) electrons. The third kappa shape index (κ3) is 1.88. The highest BCUT2D eigenvalue weighted by atomic mass is 32.1. The molecule has 2 rings (SSSR count). The summed E-state index contributed by atoms with van der Waals surface area (Å²) in [5.41, 5.74) is 2.24. The summed E-state index contributed by atoms with van der Waals surface area (Å²) < 4.78 is 1.76. The van der Waals surface area contributed by atoms with E-state index < -0.39 is 0 Å². The maximum atomic E-state index is 11.6. The first-order valence-electron chi connectivity index (χ1n) is 4.14. The van der Waals surface area contributed by atoms with Gasteiger partial charge in [-0.15, -0.1) is 11.3 Å². The molecule has 0 aliphatic heterocycles. The van der Waals surface area contributed by atoms with E-state index in [1.165, 1.54) is 11.3 Å². The maximum Gasteiger partial charge on any atom is 0.187 e. The lowest BCUT2D eigenvalue weighted by Crippen LogP contribution is -2.02. The molecular weight excluding hydrogens is 198 g/mol. The highest BCUT2D eigenvalue weighted by Crippen LogP contribution is 2.09. The smallest absolute Gasteiger partial charge is 0.187 e. The molecule has 14 heavy (non-hydrogen) atoms. The van der Waals surface area contributed by atoms with Gasteiger partial charge in [-0.1, -0.05) is 0 Å². The molecule has 0 aliphatic rings. The van der Waals surface area contributed by atoms with Crippen LogP contribution < -0.4 is 0 Å². The monoisotopic (exact) mass is 207 g/mol. The maximum absolute atomic E-state index is 11.6. The summed E-state index contributed by atoms with van der Waals surface area (Å²) in [5.74, 6) is 0.0369. The zero-order chi connectivity index (χ0) is 9.97. The SMILES string of the molecule is Cn1cnc(C(=O)Cc2cncs2)c1. The molecule has 0 N–H and O–H groups in total. The first-order valence-corrected chi connectivity index (χ1v) is 5.02. The van der Waals surface area contributed by atoms with Gasteiger partial charge in [-0.3, -0.25) is 9.78 Å². The van der Waals surface area contributed by atoms with Crippen molar-refractivity contribution in [3.8, 4) is 0 Å². The van der Waals surface area contributed by atoms with E-state index >= 15 is 0 Å². The summed E-state index contributed by atoms with van der Waals surface area (Å²) >= 11 is 1.49. The average Bonchev–Trinajstić information content (AvgIpc) is 2.75. The quantitative estimate of drug-likeness (QED) is 0.713. The Morgan fingerprint density at radius 3 is 3.07 bits per heavy atom. The number of aryl methyl sites for hydroxylation is 1. The van der Waals surface area contributed by atoms with Crippen LogP contribution in [0.25, 0.3) is 0 Å². The molecule has 0 bridgehead atoms. The molecule has 2 aromatic rings. The van der Waals surface area contributed by atoms with Crippen LogP contribution in [0, 0.1) is 0 Å². The standard InChI is InChI=1S/C9H9N3OS/c1-12-4-8(11-5-12)9(13)2-7-3-10-6-14-7/h3-6H,2H2,1H3. The number of carbonyl (C=O) groups is 1. The molecule has 72 valence electrons. The van der Waals surface area contributed by atoms with Gasteiger partial charge in [0, 0.05) is 30.7 Å². The molecule has 0 saturated heterocycles. The van der Waals surface area contributed by atoms with Gasteiger partial charge < -0.3 is 4.57 Å². The molecule has 0 amide bonds. The number of hydrogen-bond donors (Lipinski definition) is 0. The van der Waals surface area contributed by atoms with Crippen LogP contribution >= 0.6 is 11.3 Å². The van der Waals surface area contributed by atoms with E-state index in [2.05, 4.69) is 9.97 Å². The number of rotatable bonds is 3. The van der Waals surface area contributed by atoms with Gasteiger partial charge in [-0.25, -0.2) is 4.98 Å². The summed E-state index contributed by atoms with van der Waals surface area (Å²) in [6.45, 7) is 0. The number of nitrogens with zero attached hydrogens (tertiary/aromatic N) is 3. The fourth-order valence-corrected chi connectivity index (χ4v) is 1.73. The Morgan fingerprint density at radius 1 is 1.64 bits per heavy atom. The number of imidazole rings is 1. The minimum Gasteiger partial charge on any atom is -0.340 e. The van der Waals surface area contributed by atoms with Crippen LogP contribution in [0.1, 0.15) is 15.4 Å². The molecule has 0 aromatic carbocycles. The first kappa shape index (κ1) is 9.08. The molecule has 2 aromatic heterocycles. The van der Waals surface area contributed by atoms with E-state index in [4.69, 9.17) is 0 Å². The first-order chi connectivity index (χ1) is 6.75. The van der Waals surface area contributed by atoms with Crippen LogP contribution in [0.4, 0.5) is 0 Å². The highest BCUT2D eigenvalue weighted by molar-refractivity contribution is 7.09. The van der Waals surface area contributed by atoms with Crippen molar-refractivity contribution < 1.29 is 4.79 Å². The van der Waals surface area contributed by atoms with Crippen molar-refractivity contribution in [2.24, 2.45) is 7.05 Å². The number of hydrogen-bond acceptors (Lipinski definition) is 4. The van der Waals surface area contributed by atoms with Crippen LogP contribution in [-0.2, 0) is 13.5 Å². The molecule has 0 aliphatic carbocycles. The van der Waals surface area contributed by atoms with Gasteiger partial charge in [0.1, 0.15) is 5.69 Å². The van der Waals surface area contributed by atoms with Crippen molar-refractivity contribution in [1.29, 1.82) is 0 Å². The lowest BCUT2D eigenvalue weighted by Gasteiger charge is -1.92. The van der Waals surface area contributed by atoms with Crippen molar-refractivity contribution in [3.05, 3.63) is 34.8 Å². The summed E-state index contributed by atoms with van der Waals surface area (Å²) in [4.78, 5) is 20.5. The Labute approximate surface area is 85.2 Å². The molecule has 4 nitrogen and oxygen atoms in total. The second-order valence-electron chi connectivity index (χ2n) is 2.99. The Hall–Kier alpha value is -1.49. The zero-order valence-electron chi connectivity index (χ0n) is 7.67. The van der Waals surface area contributed by atoms with Gasteiger partial charge in [0.2, 0.25) is 0 Å². The molecule has 2 heterocycles. The Kier molecular flexibility index (Phi) is 2.41. The topological polar surface area (TPSA) is 47.8 Å². The van der Waals surface area contributed by atoms with Crippen molar-refractivity contribution in [2.75, 3.05) is 0 Å². The van der Waals surface area contributed by atoms with Gasteiger partial charge in [-0.05, 0) is 0 Å². The highest BCUT2D eigenvalue weighted by Gasteiger charge is 2.10. The van der Waals surface area contributed by atoms with E-state index in [1.54, 1.807) is 28.8 Å². The predicted octanol–water partition coefficient (Wildman–Crippen LogP) is 1.30. The second-order valence-corrected chi connectivity index (χ2v) is 3.96. The van der Waals surface area contributed by atoms with E-state index in [0.717, 1.165) is 4.88 Å². The van der Waals surface area contributed by atoms with Crippen molar-refractivity contribution >= 4 is 17.1 Å². The van der Waals surface area contributed by atoms with E-state index in [1.807, 2.05) is 7.05 Å². The van der Waals surface area contributed by atoms with E-state index in [-0.39, 0.29) is 5.78 Å². The second kappa shape index (κ2) is 3.71. The molecule has 0 fully saturated rings. The Morgan fingerprint density at radius 2 is 2.50 bits per heavy atom. The molecule has 0 atom stereocenters. The van der Waals surface area contributed by atoms with Gasteiger partial charge in [-0.2, -0.15) is 0 Å². The fourth-order valence-electron chi connectivity index (χ4n) is 1.14. The lowest BCUT2D eigenvalue weighted by molar-refractivity contribution is 0.0989. The third-order valence-electron chi connectivity index (χ3n) is 1.81. The van der Waals surface area contributed by atoms with Crippen molar-refractivity contribution in [3.63, 3.8) is 0 Å². The minimum absolute atomic E-state index is 0.0369. The average molecular weight is 207 g/mol. The van der Waals surface area contributed by atoms with Gasteiger partial charge >= 0.3 is 0 Å². The lowest BCUT2D eigenvalue weighted by atomic mass is 10.2. The van der Waals surface area contributed by atoms with Crippen LogP contribution in [0.2, 0.25) is 0 Å². The number of Topliss-reactive ketones (excluding diaryl/α,β-unsaturated/α-hetero) is 1. The van der Waals surface area contributed by atoms with Gasteiger partial charge in [0.05, 0.1) is 11.8 Å². The van der Waals surface area contributed by atoms with Crippen molar-refractivity contribution in [2.45, 2.75) is 6.42 Å². The molecule has 0 spiro atoms. The summed E-state index contributed by atoms with van der Waals surface area (Å²) in [6.07, 6.45) is 5.45. The third-order valence-corrected chi connectivity index (χ3v) is 2.59. The largest absolute Gasteiger partial charge is 0.340 e. The molecular formula is C9H9N3OS. The predicted molar refractivity (Wildman–Crippen MR) is 53.4 cm³/mol. The van der Waals surface area contributed by atoms with Crippen LogP contribution in [0.5, 0.6) is 0 Å². The summed E-state index contributed by atoms with van der Waals surface area (Å²) in [7, 11) is 1.84. The molecule has 5 heteroatoms. The van der Waals surface area contributed by atoms with Crippen LogP contribution in [0.15, 0.2) is 24.2 Å². The molecule has 0 saturated carbocycles.